The molecule has 2 rings (SSSR count). The van der Waals surface area contributed by atoms with Gasteiger partial charge in [0, 0.05) is 26.0 Å². The minimum Gasteiger partial charge on any atom is -0.478 e. The summed E-state index contributed by atoms with van der Waals surface area (Å²) in [5, 5.41) is 10.6. The molecule has 0 amide bonds. The molecule has 2 aromatic rings. The molecule has 0 spiro atoms. The molecule has 6 nitrogen and oxygen atoms in total. The van der Waals surface area contributed by atoms with E-state index in [2.05, 4.69) is 4.98 Å². The zero-order chi connectivity index (χ0) is 13.3. The Labute approximate surface area is 106 Å². The minimum atomic E-state index is -1.11. The highest BCUT2D eigenvalue weighted by molar-refractivity contribution is 7.17. The summed E-state index contributed by atoms with van der Waals surface area (Å²) in [5.74, 6) is -0.516. The van der Waals surface area contributed by atoms with E-state index in [1.54, 1.807) is 14.2 Å². The maximum absolute atomic E-state index is 12.1. The fourth-order valence-electron chi connectivity index (χ4n) is 1.69. The number of nitrogens with zero attached hydrogens (tertiary/aromatic N) is 2. The van der Waals surface area contributed by atoms with Gasteiger partial charge < -0.3 is 9.84 Å². The number of aromatic carboxylic acids is 1. The van der Waals surface area contributed by atoms with Gasteiger partial charge in [0.2, 0.25) is 0 Å². The zero-order valence-corrected chi connectivity index (χ0v) is 10.8. The van der Waals surface area contributed by atoms with Crippen molar-refractivity contribution >= 4 is 27.5 Å². The van der Waals surface area contributed by atoms with E-state index < -0.39 is 5.97 Å². The fraction of sp³-hybridized carbons (Fsp3) is 0.364. The van der Waals surface area contributed by atoms with E-state index in [0.717, 1.165) is 0 Å². The second-order valence-corrected chi connectivity index (χ2v) is 4.63. The molecule has 96 valence electrons. The predicted octanol–water partition coefficient (Wildman–Crippen LogP) is 0.882. The van der Waals surface area contributed by atoms with Crippen molar-refractivity contribution in [2.45, 2.75) is 6.42 Å². The number of hydrogen-bond donors (Lipinski definition) is 1. The first-order valence-electron chi connectivity index (χ1n) is 5.25. The number of ether oxygens (including phenoxy) is 1. The Hall–Kier alpha value is -1.73. The molecule has 0 radical (unpaired) electrons. The van der Waals surface area contributed by atoms with Crippen LogP contribution in [0, 0.1) is 0 Å². The molecule has 18 heavy (non-hydrogen) atoms. The molecule has 1 N–H and O–H groups in total. The summed E-state index contributed by atoms with van der Waals surface area (Å²) in [5.41, 5.74) is -0.314. The van der Waals surface area contributed by atoms with Gasteiger partial charge in [-0.3, -0.25) is 9.36 Å². The Morgan fingerprint density at radius 1 is 1.61 bits per heavy atom. The van der Waals surface area contributed by atoms with Gasteiger partial charge in [-0.1, -0.05) is 0 Å². The van der Waals surface area contributed by atoms with Crippen LogP contribution in [0.3, 0.4) is 0 Å². The number of carboxylic acid groups (broad SMARTS) is 1. The molecule has 0 saturated carbocycles. The van der Waals surface area contributed by atoms with Crippen LogP contribution in [-0.4, -0.2) is 34.3 Å². The van der Waals surface area contributed by atoms with Crippen LogP contribution in [0.5, 0.6) is 0 Å². The van der Waals surface area contributed by atoms with Crippen molar-refractivity contribution in [3.8, 4) is 0 Å². The molecule has 2 heterocycles. The van der Waals surface area contributed by atoms with Gasteiger partial charge in [-0.25, -0.2) is 9.78 Å². The smallest absolute Gasteiger partial charge is 0.337 e. The molecule has 0 unspecified atom stereocenters. The molecule has 0 aliphatic carbocycles. The third kappa shape index (κ3) is 2.02. The molecular formula is C11H12N2O4S. The van der Waals surface area contributed by atoms with Gasteiger partial charge in [0.05, 0.1) is 17.6 Å². The van der Waals surface area contributed by atoms with E-state index in [0.29, 0.717) is 23.7 Å². The fourth-order valence-corrected chi connectivity index (χ4v) is 2.61. The van der Waals surface area contributed by atoms with E-state index in [-0.39, 0.29) is 16.5 Å². The number of fused-ring (bicyclic) bond motifs is 1. The van der Waals surface area contributed by atoms with Gasteiger partial charge in [0.15, 0.2) is 0 Å². The average molecular weight is 268 g/mol. The van der Waals surface area contributed by atoms with Crippen LogP contribution in [0.15, 0.2) is 10.2 Å². The summed E-state index contributed by atoms with van der Waals surface area (Å²) in [6.45, 7) is 0.461. The molecule has 0 fully saturated rings. The van der Waals surface area contributed by atoms with Gasteiger partial charge in [-0.2, -0.15) is 0 Å². The lowest BCUT2D eigenvalue weighted by molar-refractivity contribution is 0.0699. The minimum absolute atomic E-state index is 0.0152. The van der Waals surface area contributed by atoms with Crippen molar-refractivity contribution < 1.29 is 14.6 Å². The van der Waals surface area contributed by atoms with Crippen LogP contribution >= 0.6 is 11.3 Å². The van der Waals surface area contributed by atoms with E-state index in [4.69, 9.17) is 9.84 Å². The van der Waals surface area contributed by atoms with Crippen molar-refractivity contribution in [2.24, 2.45) is 7.05 Å². The number of thiophene rings is 1. The lowest BCUT2D eigenvalue weighted by Gasteiger charge is -2.06. The molecule has 0 aromatic carbocycles. The average Bonchev–Trinajstić information content (AvgIpc) is 2.76. The van der Waals surface area contributed by atoms with Gasteiger partial charge >= 0.3 is 5.97 Å². The highest BCUT2D eigenvalue weighted by Crippen LogP contribution is 2.21. The van der Waals surface area contributed by atoms with Crippen molar-refractivity contribution in [2.75, 3.05) is 13.7 Å². The number of rotatable bonds is 4. The van der Waals surface area contributed by atoms with Gasteiger partial charge in [0.25, 0.3) is 5.56 Å². The number of carboxylic acids is 1. The molecule has 0 bridgehead atoms. The van der Waals surface area contributed by atoms with Gasteiger partial charge in [0.1, 0.15) is 10.7 Å². The SMILES string of the molecule is COCCc1nc2scc(C(=O)O)c2c(=O)n1C. The number of methoxy groups -OCH3 is 1. The zero-order valence-electron chi connectivity index (χ0n) is 9.97. The number of aromatic nitrogens is 2. The Kier molecular flexibility index (Phi) is 3.44. The Morgan fingerprint density at radius 3 is 2.94 bits per heavy atom. The van der Waals surface area contributed by atoms with Crippen molar-refractivity contribution in [1.29, 1.82) is 0 Å². The number of carbonyl (C=O) groups is 1. The molecule has 7 heteroatoms. The quantitative estimate of drug-likeness (QED) is 0.890. The first-order chi connectivity index (χ1) is 8.56. The second kappa shape index (κ2) is 4.87. The third-order valence-corrected chi connectivity index (χ3v) is 3.54. The second-order valence-electron chi connectivity index (χ2n) is 3.77. The Bertz CT molecular complexity index is 659. The van der Waals surface area contributed by atoms with Gasteiger partial charge in [-0.05, 0) is 0 Å². The summed E-state index contributed by atoms with van der Waals surface area (Å²) in [4.78, 5) is 27.9. The molecule has 0 aliphatic heterocycles. The maximum Gasteiger partial charge on any atom is 0.337 e. The summed E-state index contributed by atoms with van der Waals surface area (Å²) in [7, 11) is 3.16. The highest BCUT2D eigenvalue weighted by atomic mass is 32.1. The molecule has 0 aliphatic rings. The maximum atomic E-state index is 12.1. The molecule has 0 saturated heterocycles. The molecular weight excluding hydrogens is 256 g/mol. The number of hydrogen-bond acceptors (Lipinski definition) is 5. The third-order valence-electron chi connectivity index (χ3n) is 2.67. The van der Waals surface area contributed by atoms with Crippen LogP contribution in [0.25, 0.3) is 10.2 Å². The Morgan fingerprint density at radius 2 is 2.33 bits per heavy atom. The normalized spacial score (nSPS) is 11.0. The summed E-state index contributed by atoms with van der Waals surface area (Å²) < 4.78 is 6.33. The lowest BCUT2D eigenvalue weighted by atomic mass is 10.2. The first kappa shape index (κ1) is 12.7. The van der Waals surface area contributed by atoms with Crippen molar-refractivity contribution in [3.05, 3.63) is 27.1 Å². The van der Waals surface area contributed by atoms with Crippen LogP contribution in [0.1, 0.15) is 16.2 Å². The molecule has 0 atom stereocenters. The Balaban J connectivity index is 2.65. The van der Waals surface area contributed by atoms with E-state index >= 15 is 0 Å². The lowest BCUT2D eigenvalue weighted by Crippen LogP contribution is -2.23. The van der Waals surface area contributed by atoms with E-state index in [1.807, 2.05) is 0 Å². The van der Waals surface area contributed by atoms with Crippen molar-refractivity contribution in [1.82, 2.24) is 9.55 Å². The van der Waals surface area contributed by atoms with Gasteiger partial charge in [-0.15, -0.1) is 11.3 Å². The topological polar surface area (TPSA) is 81.4 Å². The van der Waals surface area contributed by atoms with Crippen molar-refractivity contribution in [3.63, 3.8) is 0 Å². The summed E-state index contributed by atoms with van der Waals surface area (Å²) in [6.07, 6.45) is 0.512. The van der Waals surface area contributed by atoms with Crippen LogP contribution < -0.4 is 5.56 Å². The van der Waals surface area contributed by atoms with E-state index in [1.165, 1.54) is 21.3 Å². The summed E-state index contributed by atoms with van der Waals surface area (Å²) in [6, 6.07) is 0. The van der Waals surface area contributed by atoms with E-state index in [9.17, 15) is 9.59 Å². The molecule has 2 aromatic heterocycles. The highest BCUT2D eigenvalue weighted by Gasteiger charge is 2.17. The largest absolute Gasteiger partial charge is 0.478 e. The first-order valence-corrected chi connectivity index (χ1v) is 6.13. The van der Waals surface area contributed by atoms with Crippen LogP contribution in [0.2, 0.25) is 0 Å². The van der Waals surface area contributed by atoms with Crippen LogP contribution in [0.4, 0.5) is 0 Å². The predicted molar refractivity (Wildman–Crippen MR) is 67.4 cm³/mol. The van der Waals surface area contributed by atoms with Crippen LogP contribution in [-0.2, 0) is 18.2 Å². The standard InChI is InChI=1S/C11H12N2O4S/c1-13-7(3-4-17-2)12-9-8(10(13)14)6(5-18-9)11(15)16/h5H,3-4H2,1-2H3,(H,15,16). The summed E-state index contributed by atoms with van der Waals surface area (Å²) >= 11 is 1.17. The monoisotopic (exact) mass is 268 g/mol.